The fourth-order valence-corrected chi connectivity index (χ4v) is 1.32. The first-order valence-corrected chi connectivity index (χ1v) is 3.91. The number of carbonyl (C=O) groups is 2. The van der Waals surface area contributed by atoms with E-state index in [0.717, 1.165) is 0 Å². The van der Waals surface area contributed by atoms with Crippen LogP contribution in [-0.2, 0) is 19.1 Å². The third kappa shape index (κ3) is 2.04. The van der Waals surface area contributed by atoms with Crippen LogP contribution in [-0.4, -0.2) is 30.6 Å². The van der Waals surface area contributed by atoms with Gasteiger partial charge in [0.15, 0.2) is 6.29 Å². The molecular formula is C8H12O4. The summed E-state index contributed by atoms with van der Waals surface area (Å²) in [5.74, 6) is -0.371. The van der Waals surface area contributed by atoms with Gasteiger partial charge in [-0.2, -0.15) is 0 Å². The van der Waals surface area contributed by atoms with Crippen molar-refractivity contribution in [1.82, 2.24) is 0 Å². The average molecular weight is 172 g/mol. The molecule has 1 aliphatic heterocycles. The largest absolute Gasteiger partial charge is 0.459 e. The number of hydrogen-bond acceptors (Lipinski definition) is 4. The maximum Gasteiger partial charge on any atom is 0.303 e. The Kier molecular flexibility index (Phi) is 2.81. The van der Waals surface area contributed by atoms with E-state index in [9.17, 15) is 9.59 Å². The first kappa shape index (κ1) is 9.19. The third-order valence-corrected chi connectivity index (χ3v) is 1.77. The first-order valence-electron chi connectivity index (χ1n) is 3.91. The minimum absolute atomic E-state index is 0.00968. The van der Waals surface area contributed by atoms with Crippen molar-refractivity contribution in [2.45, 2.75) is 38.6 Å². The lowest BCUT2D eigenvalue weighted by molar-refractivity contribution is -0.149. The van der Waals surface area contributed by atoms with Crippen LogP contribution in [0.2, 0.25) is 0 Å². The Bertz CT molecular complexity index is 189. The molecule has 0 aliphatic carbocycles. The van der Waals surface area contributed by atoms with Crippen molar-refractivity contribution < 1.29 is 19.1 Å². The zero-order valence-corrected chi connectivity index (χ0v) is 7.15. The summed E-state index contributed by atoms with van der Waals surface area (Å²) < 4.78 is 10.1. The zero-order chi connectivity index (χ0) is 9.14. The average Bonchev–Trinajstić information content (AvgIpc) is 2.29. The molecule has 0 aromatic carbocycles. The zero-order valence-electron chi connectivity index (χ0n) is 7.15. The topological polar surface area (TPSA) is 52.6 Å². The molecule has 3 atom stereocenters. The second-order valence-electron chi connectivity index (χ2n) is 2.93. The van der Waals surface area contributed by atoms with E-state index in [-0.39, 0.29) is 12.1 Å². The Labute approximate surface area is 70.8 Å². The van der Waals surface area contributed by atoms with Crippen LogP contribution in [0.15, 0.2) is 0 Å². The van der Waals surface area contributed by atoms with Crippen LogP contribution in [0.4, 0.5) is 0 Å². The molecule has 0 spiro atoms. The van der Waals surface area contributed by atoms with Gasteiger partial charge in [-0.05, 0) is 6.92 Å². The fourth-order valence-electron chi connectivity index (χ4n) is 1.32. The number of hydrogen-bond donors (Lipinski definition) is 0. The SMILES string of the molecule is CC(=O)O[C@@H]1C[C@H](C)O[C@H]1C=O. The number of carbonyl (C=O) groups excluding carboxylic acids is 2. The van der Waals surface area contributed by atoms with Gasteiger partial charge in [0.25, 0.3) is 0 Å². The van der Waals surface area contributed by atoms with Gasteiger partial charge in [0, 0.05) is 13.3 Å². The van der Waals surface area contributed by atoms with Crippen LogP contribution in [0.1, 0.15) is 20.3 Å². The van der Waals surface area contributed by atoms with Crippen molar-refractivity contribution in [3.05, 3.63) is 0 Å². The highest BCUT2D eigenvalue weighted by Gasteiger charge is 2.34. The third-order valence-electron chi connectivity index (χ3n) is 1.77. The van der Waals surface area contributed by atoms with Crippen molar-refractivity contribution in [1.29, 1.82) is 0 Å². The standard InChI is InChI=1S/C8H12O4/c1-5-3-7(12-6(2)10)8(4-9)11-5/h4-5,7-8H,3H2,1-2H3/t5-,7+,8-/m0/s1. The maximum absolute atomic E-state index is 10.6. The summed E-state index contributed by atoms with van der Waals surface area (Å²) in [6, 6.07) is 0. The minimum Gasteiger partial charge on any atom is -0.459 e. The molecule has 0 unspecified atom stereocenters. The number of esters is 1. The lowest BCUT2D eigenvalue weighted by Crippen LogP contribution is -2.27. The van der Waals surface area contributed by atoms with Crippen LogP contribution >= 0.6 is 0 Å². The van der Waals surface area contributed by atoms with Crippen molar-refractivity contribution in [3.8, 4) is 0 Å². The Balaban J connectivity index is 2.51. The molecule has 12 heavy (non-hydrogen) atoms. The van der Waals surface area contributed by atoms with Gasteiger partial charge in [0.2, 0.25) is 0 Å². The van der Waals surface area contributed by atoms with Crippen LogP contribution in [0.25, 0.3) is 0 Å². The molecule has 1 aliphatic rings. The minimum atomic E-state index is -0.580. The van der Waals surface area contributed by atoms with Gasteiger partial charge in [-0.3, -0.25) is 4.79 Å². The Morgan fingerprint density at radius 3 is 2.83 bits per heavy atom. The molecule has 4 nitrogen and oxygen atoms in total. The maximum atomic E-state index is 10.6. The Morgan fingerprint density at radius 2 is 2.33 bits per heavy atom. The summed E-state index contributed by atoms with van der Waals surface area (Å²) in [5, 5.41) is 0. The predicted molar refractivity (Wildman–Crippen MR) is 40.6 cm³/mol. The smallest absolute Gasteiger partial charge is 0.303 e. The summed E-state index contributed by atoms with van der Waals surface area (Å²) in [6.45, 7) is 3.17. The highest BCUT2D eigenvalue weighted by atomic mass is 16.6. The fraction of sp³-hybridized carbons (Fsp3) is 0.750. The molecule has 0 bridgehead atoms. The van der Waals surface area contributed by atoms with Crippen molar-refractivity contribution >= 4 is 12.3 Å². The van der Waals surface area contributed by atoms with Gasteiger partial charge < -0.3 is 14.3 Å². The van der Waals surface area contributed by atoms with Gasteiger partial charge in [-0.1, -0.05) is 0 Å². The predicted octanol–water partition coefficient (Wildman–Crippen LogP) is 0.294. The van der Waals surface area contributed by atoms with E-state index in [1.165, 1.54) is 6.92 Å². The van der Waals surface area contributed by atoms with Crippen LogP contribution in [0.5, 0.6) is 0 Å². The van der Waals surface area contributed by atoms with E-state index in [1.54, 1.807) is 0 Å². The normalized spacial score (nSPS) is 34.7. The van der Waals surface area contributed by atoms with Gasteiger partial charge >= 0.3 is 5.97 Å². The van der Waals surface area contributed by atoms with Gasteiger partial charge in [0.1, 0.15) is 12.2 Å². The Morgan fingerprint density at radius 1 is 1.67 bits per heavy atom. The lowest BCUT2D eigenvalue weighted by atomic mass is 10.1. The van der Waals surface area contributed by atoms with Crippen LogP contribution in [0.3, 0.4) is 0 Å². The molecule has 4 heteroatoms. The number of aldehydes is 1. The van der Waals surface area contributed by atoms with E-state index in [2.05, 4.69) is 0 Å². The molecule has 0 aromatic rings. The van der Waals surface area contributed by atoms with Crippen molar-refractivity contribution in [2.24, 2.45) is 0 Å². The highest BCUT2D eigenvalue weighted by molar-refractivity contribution is 5.67. The monoisotopic (exact) mass is 172 g/mol. The summed E-state index contributed by atoms with van der Waals surface area (Å²) in [7, 11) is 0. The van der Waals surface area contributed by atoms with Gasteiger partial charge in [0.05, 0.1) is 6.10 Å². The molecule has 1 heterocycles. The molecular weight excluding hydrogens is 160 g/mol. The van der Waals surface area contributed by atoms with Gasteiger partial charge in [-0.25, -0.2) is 0 Å². The first-order chi connectivity index (χ1) is 5.63. The number of ether oxygens (including phenoxy) is 2. The summed E-state index contributed by atoms with van der Waals surface area (Å²) in [4.78, 5) is 21.0. The Hall–Kier alpha value is -0.900. The molecule has 0 saturated carbocycles. The molecule has 1 rings (SSSR count). The molecule has 68 valence electrons. The molecule has 0 aromatic heterocycles. The summed E-state index contributed by atoms with van der Waals surface area (Å²) in [6.07, 6.45) is 0.295. The lowest BCUT2D eigenvalue weighted by Gasteiger charge is -2.11. The van der Waals surface area contributed by atoms with Crippen molar-refractivity contribution in [2.75, 3.05) is 0 Å². The quantitative estimate of drug-likeness (QED) is 0.444. The molecule has 0 N–H and O–H groups in total. The summed E-state index contributed by atoms with van der Waals surface area (Å²) in [5.41, 5.74) is 0. The molecule has 0 amide bonds. The van der Waals surface area contributed by atoms with Crippen LogP contribution in [0, 0.1) is 0 Å². The molecule has 1 saturated heterocycles. The van der Waals surface area contributed by atoms with E-state index in [4.69, 9.17) is 9.47 Å². The second kappa shape index (κ2) is 3.67. The van der Waals surface area contributed by atoms with E-state index >= 15 is 0 Å². The highest BCUT2D eigenvalue weighted by Crippen LogP contribution is 2.21. The van der Waals surface area contributed by atoms with Crippen LogP contribution < -0.4 is 0 Å². The number of rotatable bonds is 2. The molecule has 0 radical (unpaired) electrons. The van der Waals surface area contributed by atoms with E-state index in [1.807, 2.05) is 6.92 Å². The van der Waals surface area contributed by atoms with E-state index in [0.29, 0.717) is 12.7 Å². The van der Waals surface area contributed by atoms with Crippen molar-refractivity contribution in [3.63, 3.8) is 0 Å². The van der Waals surface area contributed by atoms with Gasteiger partial charge in [-0.15, -0.1) is 0 Å². The molecule has 1 fully saturated rings. The second-order valence-corrected chi connectivity index (χ2v) is 2.93. The summed E-state index contributed by atoms with van der Waals surface area (Å²) >= 11 is 0. The van der Waals surface area contributed by atoms with E-state index < -0.39 is 12.2 Å².